The predicted octanol–water partition coefficient (Wildman–Crippen LogP) is 0.0861. The van der Waals surface area contributed by atoms with E-state index in [4.69, 9.17) is 15.9 Å². The van der Waals surface area contributed by atoms with Crippen molar-refractivity contribution in [3.8, 4) is 0 Å². The SMILES string of the molecule is NC1(CCO)CC2CN(C(=O)O)CC2C1. The molecule has 5 nitrogen and oxygen atoms in total. The second-order valence-corrected chi connectivity index (χ2v) is 4.95. The molecule has 2 unspecified atom stereocenters. The highest BCUT2D eigenvalue weighted by molar-refractivity contribution is 5.65. The van der Waals surface area contributed by atoms with E-state index in [-0.39, 0.29) is 12.1 Å². The number of aliphatic hydroxyl groups is 1. The van der Waals surface area contributed by atoms with Gasteiger partial charge in [0.1, 0.15) is 0 Å². The van der Waals surface area contributed by atoms with Gasteiger partial charge in [-0.05, 0) is 31.1 Å². The smallest absolute Gasteiger partial charge is 0.407 e. The summed E-state index contributed by atoms with van der Waals surface area (Å²) in [7, 11) is 0. The molecule has 2 rings (SSSR count). The van der Waals surface area contributed by atoms with Crippen LogP contribution in [0.5, 0.6) is 0 Å². The van der Waals surface area contributed by atoms with Crippen molar-refractivity contribution in [2.45, 2.75) is 24.8 Å². The molecule has 0 radical (unpaired) electrons. The van der Waals surface area contributed by atoms with E-state index in [0.29, 0.717) is 31.3 Å². The molecule has 0 bridgehead atoms. The molecule has 4 N–H and O–H groups in total. The minimum absolute atomic E-state index is 0.124. The average Bonchev–Trinajstić information content (AvgIpc) is 2.59. The van der Waals surface area contributed by atoms with E-state index in [1.807, 2.05) is 0 Å². The van der Waals surface area contributed by atoms with Crippen LogP contribution in [0.4, 0.5) is 4.79 Å². The molecular weight excluding hydrogens is 196 g/mol. The van der Waals surface area contributed by atoms with Gasteiger partial charge in [0.15, 0.2) is 0 Å². The third kappa shape index (κ3) is 1.94. The molecule has 1 heterocycles. The fraction of sp³-hybridized carbons (Fsp3) is 0.900. The van der Waals surface area contributed by atoms with Gasteiger partial charge in [-0.15, -0.1) is 0 Å². The van der Waals surface area contributed by atoms with Gasteiger partial charge in [0.2, 0.25) is 0 Å². The van der Waals surface area contributed by atoms with Crippen molar-refractivity contribution in [1.82, 2.24) is 4.90 Å². The summed E-state index contributed by atoms with van der Waals surface area (Å²) in [6.45, 7) is 1.35. The quantitative estimate of drug-likeness (QED) is 0.608. The van der Waals surface area contributed by atoms with Crippen LogP contribution in [-0.2, 0) is 0 Å². The van der Waals surface area contributed by atoms with Crippen molar-refractivity contribution in [3.05, 3.63) is 0 Å². The lowest BCUT2D eigenvalue weighted by molar-refractivity contribution is 0.149. The summed E-state index contributed by atoms with van der Waals surface area (Å²) >= 11 is 0. The van der Waals surface area contributed by atoms with E-state index in [1.165, 1.54) is 4.90 Å². The standard InChI is InChI=1S/C10H18N2O3/c11-10(1-2-13)3-7-5-12(9(14)15)6-8(7)4-10/h7-8,13H,1-6,11H2,(H,14,15). The highest BCUT2D eigenvalue weighted by Crippen LogP contribution is 2.43. The normalized spacial score (nSPS) is 39.5. The summed E-state index contributed by atoms with van der Waals surface area (Å²) < 4.78 is 0. The van der Waals surface area contributed by atoms with E-state index < -0.39 is 6.09 Å². The molecule has 86 valence electrons. The highest BCUT2D eigenvalue weighted by Gasteiger charge is 2.47. The van der Waals surface area contributed by atoms with Crippen molar-refractivity contribution in [2.75, 3.05) is 19.7 Å². The molecule has 15 heavy (non-hydrogen) atoms. The molecular formula is C10H18N2O3. The topological polar surface area (TPSA) is 86.8 Å². The van der Waals surface area contributed by atoms with Gasteiger partial charge in [0, 0.05) is 25.2 Å². The highest BCUT2D eigenvalue weighted by atomic mass is 16.4. The second kappa shape index (κ2) is 3.64. The van der Waals surface area contributed by atoms with Crippen LogP contribution in [0.1, 0.15) is 19.3 Å². The first-order valence-electron chi connectivity index (χ1n) is 5.42. The van der Waals surface area contributed by atoms with Crippen molar-refractivity contribution in [1.29, 1.82) is 0 Å². The van der Waals surface area contributed by atoms with Crippen LogP contribution in [0.25, 0.3) is 0 Å². The number of nitrogens with two attached hydrogens (primary N) is 1. The Kier molecular flexibility index (Phi) is 2.60. The zero-order chi connectivity index (χ0) is 11.1. The Bertz CT molecular complexity index is 255. The van der Waals surface area contributed by atoms with Crippen LogP contribution in [0.3, 0.4) is 0 Å². The molecule has 1 aliphatic heterocycles. The van der Waals surface area contributed by atoms with Crippen LogP contribution in [0.15, 0.2) is 0 Å². The third-order valence-corrected chi connectivity index (χ3v) is 3.79. The Hall–Kier alpha value is -0.810. The van der Waals surface area contributed by atoms with E-state index in [9.17, 15) is 4.79 Å². The number of likely N-dealkylation sites (tertiary alicyclic amines) is 1. The van der Waals surface area contributed by atoms with Gasteiger partial charge in [-0.3, -0.25) is 0 Å². The molecule has 1 aliphatic carbocycles. The van der Waals surface area contributed by atoms with Crippen molar-refractivity contribution >= 4 is 6.09 Å². The van der Waals surface area contributed by atoms with Gasteiger partial charge in [-0.1, -0.05) is 0 Å². The van der Waals surface area contributed by atoms with Crippen LogP contribution < -0.4 is 5.73 Å². The first-order valence-corrected chi connectivity index (χ1v) is 5.42. The molecule has 5 heteroatoms. The summed E-state index contributed by atoms with van der Waals surface area (Å²) in [6, 6.07) is 0. The zero-order valence-corrected chi connectivity index (χ0v) is 8.72. The van der Waals surface area contributed by atoms with Crippen LogP contribution in [-0.4, -0.2) is 46.4 Å². The molecule has 0 aromatic carbocycles. The van der Waals surface area contributed by atoms with E-state index >= 15 is 0 Å². The summed E-state index contributed by atoms with van der Waals surface area (Å²) in [5.41, 5.74) is 5.90. The molecule has 1 saturated carbocycles. The summed E-state index contributed by atoms with van der Waals surface area (Å²) in [5, 5.41) is 17.8. The predicted molar refractivity (Wildman–Crippen MR) is 54.4 cm³/mol. The van der Waals surface area contributed by atoms with E-state index in [2.05, 4.69) is 0 Å². The molecule has 2 aliphatic rings. The van der Waals surface area contributed by atoms with Crippen molar-refractivity contribution in [3.63, 3.8) is 0 Å². The molecule has 1 amide bonds. The van der Waals surface area contributed by atoms with Gasteiger partial charge < -0.3 is 20.8 Å². The first-order chi connectivity index (χ1) is 7.04. The Morgan fingerprint density at radius 3 is 2.33 bits per heavy atom. The Morgan fingerprint density at radius 2 is 1.93 bits per heavy atom. The third-order valence-electron chi connectivity index (χ3n) is 3.79. The number of nitrogens with zero attached hydrogens (tertiary/aromatic N) is 1. The second-order valence-electron chi connectivity index (χ2n) is 4.95. The number of fused-ring (bicyclic) bond motifs is 1. The number of carboxylic acid groups (broad SMARTS) is 1. The monoisotopic (exact) mass is 214 g/mol. The largest absolute Gasteiger partial charge is 0.465 e. The van der Waals surface area contributed by atoms with E-state index in [1.54, 1.807) is 0 Å². The van der Waals surface area contributed by atoms with Gasteiger partial charge in [0.25, 0.3) is 0 Å². The van der Waals surface area contributed by atoms with Crippen LogP contribution in [0, 0.1) is 11.8 Å². The number of amides is 1. The van der Waals surface area contributed by atoms with Crippen LogP contribution >= 0.6 is 0 Å². The molecule has 1 saturated heterocycles. The first kappa shape index (κ1) is 10.7. The minimum atomic E-state index is -0.825. The maximum Gasteiger partial charge on any atom is 0.407 e. The van der Waals surface area contributed by atoms with Crippen LogP contribution in [0.2, 0.25) is 0 Å². The zero-order valence-electron chi connectivity index (χ0n) is 8.72. The number of hydrogen-bond donors (Lipinski definition) is 3. The number of hydrogen-bond acceptors (Lipinski definition) is 3. The number of aliphatic hydroxyl groups excluding tert-OH is 1. The summed E-state index contributed by atoms with van der Waals surface area (Å²) in [6.07, 6.45) is 1.51. The van der Waals surface area contributed by atoms with Gasteiger partial charge in [-0.25, -0.2) is 4.79 Å². The fourth-order valence-electron chi connectivity index (χ4n) is 3.11. The number of rotatable bonds is 2. The average molecular weight is 214 g/mol. The Balaban J connectivity index is 1.95. The summed E-state index contributed by atoms with van der Waals surface area (Å²) in [5.74, 6) is 0.801. The van der Waals surface area contributed by atoms with Gasteiger partial charge >= 0.3 is 6.09 Å². The van der Waals surface area contributed by atoms with E-state index in [0.717, 1.165) is 12.8 Å². The fourth-order valence-corrected chi connectivity index (χ4v) is 3.11. The molecule has 0 aromatic heterocycles. The number of carbonyl (C=O) groups is 1. The molecule has 0 spiro atoms. The maximum absolute atomic E-state index is 10.8. The lowest BCUT2D eigenvalue weighted by Crippen LogP contribution is -2.40. The molecule has 2 atom stereocenters. The Labute approximate surface area is 88.9 Å². The molecule has 2 fully saturated rings. The summed E-state index contributed by atoms with van der Waals surface area (Å²) in [4.78, 5) is 12.3. The van der Waals surface area contributed by atoms with Crippen molar-refractivity contribution in [2.24, 2.45) is 17.6 Å². The lowest BCUT2D eigenvalue weighted by Gasteiger charge is -2.25. The minimum Gasteiger partial charge on any atom is -0.465 e. The lowest BCUT2D eigenvalue weighted by atomic mass is 9.93. The maximum atomic E-state index is 10.8. The van der Waals surface area contributed by atoms with Gasteiger partial charge in [0.05, 0.1) is 0 Å². The Morgan fingerprint density at radius 1 is 1.40 bits per heavy atom. The van der Waals surface area contributed by atoms with Crippen molar-refractivity contribution < 1.29 is 15.0 Å². The molecule has 0 aromatic rings. The van der Waals surface area contributed by atoms with Gasteiger partial charge in [-0.2, -0.15) is 0 Å².